The van der Waals surface area contributed by atoms with Crippen molar-refractivity contribution in [3.8, 4) is 0 Å². The molecule has 0 radical (unpaired) electrons. The van der Waals surface area contributed by atoms with Crippen LogP contribution in [0, 0.1) is 6.92 Å². The van der Waals surface area contributed by atoms with Gasteiger partial charge in [0.25, 0.3) is 0 Å². The van der Waals surface area contributed by atoms with E-state index in [2.05, 4.69) is 13.8 Å². The van der Waals surface area contributed by atoms with Crippen molar-refractivity contribution in [2.45, 2.75) is 52.1 Å². The molecule has 1 atom stereocenters. The Bertz CT molecular complexity index is 366. The summed E-state index contributed by atoms with van der Waals surface area (Å²) in [6, 6.07) is 4.52. The van der Waals surface area contributed by atoms with E-state index in [1.54, 1.807) is 12.1 Å². The molecule has 0 aromatic heterocycles. The lowest BCUT2D eigenvalue weighted by Gasteiger charge is -2.17. The van der Waals surface area contributed by atoms with Crippen molar-refractivity contribution in [1.29, 1.82) is 0 Å². The summed E-state index contributed by atoms with van der Waals surface area (Å²) in [5.74, 6) is 0.376. The van der Waals surface area contributed by atoms with Crippen molar-refractivity contribution >= 4 is 0 Å². The minimum atomic E-state index is -4.24. The quantitative estimate of drug-likeness (QED) is 0.673. The third-order valence-electron chi connectivity index (χ3n) is 3.16. The topological polar surface area (TPSA) is 0 Å². The molecular weight excluding hydrogens is 225 g/mol. The van der Waals surface area contributed by atoms with Gasteiger partial charge in [0.2, 0.25) is 0 Å². The third-order valence-corrected chi connectivity index (χ3v) is 3.16. The van der Waals surface area contributed by atoms with Crippen molar-refractivity contribution in [3.05, 3.63) is 34.9 Å². The van der Waals surface area contributed by atoms with Crippen molar-refractivity contribution in [1.82, 2.24) is 0 Å². The van der Waals surface area contributed by atoms with Crippen LogP contribution in [0.5, 0.6) is 0 Å². The largest absolute Gasteiger partial charge is 0.416 e. The van der Waals surface area contributed by atoms with E-state index in [1.807, 2.05) is 0 Å². The van der Waals surface area contributed by atoms with Gasteiger partial charge in [0.1, 0.15) is 0 Å². The minimum Gasteiger partial charge on any atom is -0.166 e. The molecule has 0 N–H and O–H groups in total. The Labute approximate surface area is 101 Å². The number of hydrogen-bond donors (Lipinski definition) is 0. The first-order chi connectivity index (χ1) is 7.90. The second-order valence-corrected chi connectivity index (χ2v) is 4.47. The summed E-state index contributed by atoms with van der Waals surface area (Å²) in [7, 11) is 0. The molecule has 1 unspecified atom stereocenters. The molecule has 1 aromatic carbocycles. The zero-order valence-corrected chi connectivity index (χ0v) is 10.6. The molecule has 0 saturated carbocycles. The molecule has 1 aromatic rings. The SMILES string of the molecule is CCCC(CC)c1ccc(C(F)(F)F)c(C)c1. The number of hydrogen-bond acceptors (Lipinski definition) is 0. The minimum absolute atomic E-state index is 0.324. The lowest BCUT2D eigenvalue weighted by atomic mass is 9.90. The smallest absolute Gasteiger partial charge is 0.166 e. The lowest BCUT2D eigenvalue weighted by Crippen LogP contribution is -2.08. The molecule has 0 amide bonds. The monoisotopic (exact) mass is 244 g/mol. The first kappa shape index (κ1) is 14.1. The molecule has 17 heavy (non-hydrogen) atoms. The van der Waals surface area contributed by atoms with Crippen molar-refractivity contribution in [2.75, 3.05) is 0 Å². The zero-order valence-electron chi connectivity index (χ0n) is 10.6. The predicted octanol–water partition coefficient (Wildman–Crippen LogP) is 5.31. The standard InChI is InChI=1S/C14H19F3/c1-4-6-11(5-2)12-7-8-13(10(3)9-12)14(15,16)17/h7-9,11H,4-6H2,1-3H3. The van der Waals surface area contributed by atoms with Crippen LogP contribution in [0.2, 0.25) is 0 Å². The normalized spacial score (nSPS) is 13.8. The fourth-order valence-electron chi connectivity index (χ4n) is 2.21. The number of alkyl halides is 3. The summed E-state index contributed by atoms with van der Waals surface area (Å²) in [6.45, 7) is 5.71. The summed E-state index contributed by atoms with van der Waals surface area (Å²) in [4.78, 5) is 0. The van der Waals surface area contributed by atoms with Gasteiger partial charge in [0, 0.05) is 0 Å². The van der Waals surface area contributed by atoms with Gasteiger partial charge in [-0.05, 0) is 42.9 Å². The van der Waals surface area contributed by atoms with Crippen LogP contribution in [0.1, 0.15) is 55.7 Å². The van der Waals surface area contributed by atoms with Gasteiger partial charge >= 0.3 is 6.18 Å². The molecule has 1 rings (SSSR count). The Morgan fingerprint density at radius 1 is 1.18 bits per heavy atom. The Morgan fingerprint density at radius 3 is 2.24 bits per heavy atom. The molecular formula is C14H19F3. The van der Waals surface area contributed by atoms with Crippen LogP contribution in [0.15, 0.2) is 18.2 Å². The maximum absolute atomic E-state index is 12.6. The fraction of sp³-hybridized carbons (Fsp3) is 0.571. The molecule has 0 saturated heterocycles. The predicted molar refractivity (Wildman–Crippen MR) is 64.1 cm³/mol. The highest BCUT2D eigenvalue weighted by molar-refractivity contribution is 5.34. The van der Waals surface area contributed by atoms with Crippen LogP contribution >= 0.6 is 0 Å². The third kappa shape index (κ3) is 3.48. The maximum atomic E-state index is 12.6. The van der Waals surface area contributed by atoms with E-state index >= 15 is 0 Å². The Balaban J connectivity index is 3.03. The average Bonchev–Trinajstić information content (AvgIpc) is 2.23. The molecule has 0 nitrogen and oxygen atoms in total. The van der Waals surface area contributed by atoms with Crippen LogP contribution in [0.4, 0.5) is 13.2 Å². The van der Waals surface area contributed by atoms with E-state index in [0.717, 1.165) is 24.8 Å². The van der Waals surface area contributed by atoms with Crippen molar-refractivity contribution < 1.29 is 13.2 Å². The molecule has 3 heteroatoms. The van der Waals surface area contributed by atoms with Gasteiger partial charge in [-0.2, -0.15) is 13.2 Å². The Hall–Kier alpha value is -0.990. The van der Waals surface area contributed by atoms with E-state index in [1.165, 1.54) is 13.0 Å². The molecule has 0 bridgehead atoms. The first-order valence-electron chi connectivity index (χ1n) is 6.07. The van der Waals surface area contributed by atoms with Crippen LogP contribution in [0.25, 0.3) is 0 Å². The van der Waals surface area contributed by atoms with Gasteiger partial charge in [-0.1, -0.05) is 32.4 Å². The Morgan fingerprint density at radius 2 is 1.82 bits per heavy atom. The number of benzene rings is 1. The van der Waals surface area contributed by atoms with Gasteiger partial charge in [0.15, 0.2) is 0 Å². The lowest BCUT2D eigenvalue weighted by molar-refractivity contribution is -0.138. The zero-order chi connectivity index (χ0) is 13.1. The second-order valence-electron chi connectivity index (χ2n) is 4.47. The molecule has 0 spiro atoms. The molecule has 0 heterocycles. The highest BCUT2D eigenvalue weighted by Gasteiger charge is 2.32. The Kier molecular flexibility index (Phi) is 4.61. The van der Waals surface area contributed by atoms with Crippen molar-refractivity contribution in [3.63, 3.8) is 0 Å². The molecule has 0 aliphatic heterocycles. The van der Waals surface area contributed by atoms with E-state index in [0.29, 0.717) is 11.5 Å². The highest BCUT2D eigenvalue weighted by Crippen LogP contribution is 2.34. The van der Waals surface area contributed by atoms with Gasteiger partial charge in [0.05, 0.1) is 5.56 Å². The molecule has 0 aliphatic rings. The number of aryl methyl sites for hydroxylation is 1. The number of halogens is 3. The summed E-state index contributed by atoms with van der Waals surface area (Å²) in [6.07, 6.45) is -1.19. The highest BCUT2D eigenvalue weighted by atomic mass is 19.4. The van der Waals surface area contributed by atoms with Crippen LogP contribution in [-0.2, 0) is 6.18 Å². The van der Waals surface area contributed by atoms with Crippen LogP contribution in [0.3, 0.4) is 0 Å². The average molecular weight is 244 g/mol. The molecule has 0 fully saturated rings. The summed E-state index contributed by atoms with van der Waals surface area (Å²) in [5, 5.41) is 0. The second kappa shape index (κ2) is 5.56. The van der Waals surface area contributed by atoms with Crippen LogP contribution in [-0.4, -0.2) is 0 Å². The summed E-state index contributed by atoms with van der Waals surface area (Å²) >= 11 is 0. The van der Waals surface area contributed by atoms with E-state index < -0.39 is 11.7 Å². The number of rotatable bonds is 4. The molecule has 0 aliphatic carbocycles. The van der Waals surface area contributed by atoms with Crippen LogP contribution < -0.4 is 0 Å². The molecule has 96 valence electrons. The maximum Gasteiger partial charge on any atom is 0.416 e. The summed E-state index contributed by atoms with van der Waals surface area (Å²) in [5.41, 5.74) is 0.831. The first-order valence-corrected chi connectivity index (χ1v) is 6.07. The van der Waals surface area contributed by atoms with Gasteiger partial charge in [-0.25, -0.2) is 0 Å². The van der Waals surface area contributed by atoms with E-state index in [-0.39, 0.29) is 0 Å². The summed E-state index contributed by atoms with van der Waals surface area (Å²) < 4.78 is 37.8. The van der Waals surface area contributed by atoms with E-state index in [9.17, 15) is 13.2 Å². The van der Waals surface area contributed by atoms with E-state index in [4.69, 9.17) is 0 Å². The van der Waals surface area contributed by atoms with Crippen molar-refractivity contribution in [2.24, 2.45) is 0 Å². The van der Waals surface area contributed by atoms with Gasteiger partial charge in [-0.15, -0.1) is 0 Å². The fourth-order valence-corrected chi connectivity index (χ4v) is 2.21. The van der Waals surface area contributed by atoms with Gasteiger partial charge < -0.3 is 0 Å². The van der Waals surface area contributed by atoms with Gasteiger partial charge in [-0.3, -0.25) is 0 Å².